The Labute approximate surface area is 130 Å². The summed E-state index contributed by atoms with van der Waals surface area (Å²) in [4.78, 5) is 19.6. The normalized spacial score (nSPS) is 22.6. The molecule has 1 aromatic rings. The van der Waals surface area contributed by atoms with E-state index in [0.717, 1.165) is 37.9 Å². The lowest BCUT2D eigenvalue weighted by Gasteiger charge is -2.24. The number of H-pyrrole nitrogens is 1. The standard InChI is InChI=1S/C16H24N4O2/c17-9-13-15(18-12-6-3-7-22-10-12)19-14(20-16(13)21)8-11-4-1-2-5-11/h9,11-12,17H,1-8,10H2,(H2,18,19,20,21). The van der Waals surface area contributed by atoms with Crippen molar-refractivity contribution in [2.45, 2.75) is 51.0 Å². The molecule has 22 heavy (non-hydrogen) atoms. The third kappa shape index (κ3) is 3.55. The van der Waals surface area contributed by atoms with Crippen molar-refractivity contribution in [1.82, 2.24) is 9.97 Å². The average molecular weight is 304 g/mol. The van der Waals surface area contributed by atoms with E-state index in [1.54, 1.807) is 0 Å². The summed E-state index contributed by atoms with van der Waals surface area (Å²) in [6.07, 6.45) is 8.90. The number of aromatic nitrogens is 2. The van der Waals surface area contributed by atoms with Gasteiger partial charge in [0, 0.05) is 19.2 Å². The van der Waals surface area contributed by atoms with Gasteiger partial charge < -0.3 is 20.4 Å². The maximum Gasteiger partial charge on any atom is 0.261 e. The summed E-state index contributed by atoms with van der Waals surface area (Å²) in [5.74, 6) is 1.89. The Morgan fingerprint density at radius 3 is 2.82 bits per heavy atom. The molecule has 6 nitrogen and oxygen atoms in total. The molecule has 0 aromatic carbocycles. The molecule has 0 amide bonds. The van der Waals surface area contributed by atoms with Gasteiger partial charge in [0.2, 0.25) is 0 Å². The lowest BCUT2D eigenvalue weighted by molar-refractivity contribution is 0.0875. The number of ether oxygens (including phenoxy) is 1. The van der Waals surface area contributed by atoms with Crippen molar-refractivity contribution in [2.75, 3.05) is 18.5 Å². The second kappa shape index (κ2) is 7.05. The number of hydrogen-bond donors (Lipinski definition) is 3. The van der Waals surface area contributed by atoms with Crippen molar-refractivity contribution in [3.63, 3.8) is 0 Å². The first kappa shape index (κ1) is 15.2. The molecular formula is C16H24N4O2. The predicted octanol–water partition coefficient (Wildman–Crippen LogP) is 2.09. The highest BCUT2D eigenvalue weighted by atomic mass is 16.5. The third-order valence-corrected chi connectivity index (χ3v) is 4.61. The molecule has 0 bridgehead atoms. The van der Waals surface area contributed by atoms with Gasteiger partial charge in [0.1, 0.15) is 11.6 Å². The fourth-order valence-electron chi connectivity index (χ4n) is 3.41. The summed E-state index contributed by atoms with van der Waals surface area (Å²) < 4.78 is 5.46. The highest BCUT2D eigenvalue weighted by molar-refractivity contribution is 5.83. The Bertz CT molecular complexity index is 572. The van der Waals surface area contributed by atoms with Crippen LogP contribution < -0.4 is 10.9 Å². The maximum atomic E-state index is 12.2. The molecule has 3 rings (SSSR count). The molecule has 120 valence electrons. The molecule has 2 aliphatic rings. The average Bonchev–Trinajstić information content (AvgIpc) is 3.01. The highest BCUT2D eigenvalue weighted by Crippen LogP contribution is 2.27. The Morgan fingerprint density at radius 2 is 2.14 bits per heavy atom. The van der Waals surface area contributed by atoms with E-state index in [1.165, 1.54) is 25.7 Å². The van der Waals surface area contributed by atoms with Crippen LogP contribution in [0.1, 0.15) is 49.9 Å². The number of anilines is 1. The van der Waals surface area contributed by atoms with E-state index in [-0.39, 0.29) is 11.6 Å². The van der Waals surface area contributed by atoms with Crippen molar-refractivity contribution in [3.8, 4) is 0 Å². The summed E-state index contributed by atoms with van der Waals surface area (Å²) in [5, 5.41) is 10.8. The van der Waals surface area contributed by atoms with Gasteiger partial charge in [-0.25, -0.2) is 4.98 Å². The van der Waals surface area contributed by atoms with Crippen molar-refractivity contribution >= 4 is 12.0 Å². The summed E-state index contributed by atoms with van der Waals surface area (Å²) >= 11 is 0. The molecule has 1 aliphatic heterocycles. The first-order valence-electron chi connectivity index (χ1n) is 8.24. The minimum absolute atomic E-state index is 0.168. The molecule has 3 N–H and O–H groups in total. The molecule has 0 spiro atoms. The van der Waals surface area contributed by atoms with E-state index < -0.39 is 0 Å². The number of nitrogens with one attached hydrogen (secondary N) is 3. The van der Waals surface area contributed by atoms with Gasteiger partial charge in [-0.15, -0.1) is 0 Å². The fraction of sp³-hybridized carbons (Fsp3) is 0.688. The van der Waals surface area contributed by atoms with Crippen LogP contribution in [-0.2, 0) is 11.2 Å². The zero-order chi connectivity index (χ0) is 15.4. The Kier molecular flexibility index (Phi) is 4.87. The van der Waals surface area contributed by atoms with Gasteiger partial charge in [0.25, 0.3) is 5.56 Å². The van der Waals surface area contributed by atoms with Crippen LogP contribution in [0.5, 0.6) is 0 Å². The molecule has 2 heterocycles. The zero-order valence-electron chi connectivity index (χ0n) is 12.9. The van der Waals surface area contributed by atoms with E-state index in [4.69, 9.17) is 10.1 Å². The van der Waals surface area contributed by atoms with Gasteiger partial charge in [-0.2, -0.15) is 0 Å². The molecule has 1 atom stereocenters. The largest absolute Gasteiger partial charge is 0.379 e. The van der Waals surface area contributed by atoms with Gasteiger partial charge in [0.15, 0.2) is 0 Å². The van der Waals surface area contributed by atoms with Crippen LogP contribution in [-0.4, -0.2) is 35.4 Å². The van der Waals surface area contributed by atoms with E-state index in [9.17, 15) is 4.79 Å². The Morgan fingerprint density at radius 1 is 1.32 bits per heavy atom. The first-order valence-corrected chi connectivity index (χ1v) is 8.24. The summed E-state index contributed by atoms with van der Waals surface area (Å²) in [6.45, 7) is 1.43. The van der Waals surface area contributed by atoms with Crippen LogP contribution in [0.4, 0.5) is 5.82 Å². The summed E-state index contributed by atoms with van der Waals surface area (Å²) in [6, 6.07) is 0.168. The minimum Gasteiger partial charge on any atom is -0.379 e. The van der Waals surface area contributed by atoms with E-state index in [1.807, 2.05) is 0 Å². The topological polar surface area (TPSA) is 90.9 Å². The Balaban J connectivity index is 1.80. The molecule has 1 unspecified atom stereocenters. The molecule has 1 saturated carbocycles. The molecule has 1 aromatic heterocycles. The first-order chi connectivity index (χ1) is 10.8. The van der Waals surface area contributed by atoms with Gasteiger partial charge in [-0.05, 0) is 18.8 Å². The van der Waals surface area contributed by atoms with Gasteiger partial charge in [-0.1, -0.05) is 25.7 Å². The second-order valence-electron chi connectivity index (χ2n) is 6.33. The molecular weight excluding hydrogens is 280 g/mol. The van der Waals surface area contributed by atoms with Crippen LogP contribution in [0.2, 0.25) is 0 Å². The lowest BCUT2D eigenvalue weighted by atomic mass is 10.0. The fourth-order valence-corrected chi connectivity index (χ4v) is 3.41. The molecule has 1 aliphatic carbocycles. The van der Waals surface area contributed by atoms with E-state index >= 15 is 0 Å². The van der Waals surface area contributed by atoms with Gasteiger partial charge >= 0.3 is 0 Å². The second-order valence-corrected chi connectivity index (χ2v) is 6.33. The van der Waals surface area contributed by atoms with E-state index in [0.29, 0.717) is 23.9 Å². The third-order valence-electron chi connectivity index (χ3n) is 4.61. The number of rotatable bonds is 5. The summed E-state index contributed by atoms with van der Waals surface area (Å²) in [7, 11) is 0. The smallest absolute Gasteiger partial charge is 0.261 e. The quantitative estimate of drug-likeness (QED) is 0.726. The van der Waals surface area contributed by atoms with Gasteiger partial charge in [0.05, 0.1) is 18.2 Å². The van der Waals surface area contributed by atoms with Crippen molar-refractivity contribution in [3.05, 3.63) is 21.7 Å². The molecule has 6 heteroatoms. The number of aromatic amines is 1. The molecule has 0 radical (unpaired) electrons. The zero-order valence-corrected chi connectivity index (χ0v) is 12.9. The number of nitrogens with zero attached hydrogens (tertiary/aromatic N) is 1. The van der Waals surface area contributed by atoms with Crippen LogP contribution in [0.15, 0.2) is 4.79 Å². The van der Waals surface area contributed by atoms with Crippen molar-refractivity contribution in [1.29, 1.82) is 5.41 Å². The van der Waals surface area contributed by atoms with Crippen LogP contribution >= 0.6 is 0 Å². The van der Waals surface area contributed by atoms with Crippen molar-refractivity contribution < 1.29 is 4.74 Å². The van der Waals surface area contributed by atoms with Gasteiger partial charge in [-0.3, -0.25) is 4.79 Å². The monoisotopic (exact) mass is 304 g/mol. The van der Waals surface area contributed by atoms with Crippen LogP contribution in [0.25, 0.3) is 0 Å². The predicted molar refractivity (Wildman–Crippen MR) is 85.9 cm³/mol. The Hall–Kier alpha value is -1.69. The molecule has 2 fully saturated rings. The molecule has 1 saturated heterocycles. The number of hydrogen-bond acceptors (Lipinski definition) is 5. The van der Waals surface area contributed by atoms with Crippen molar-refractivity contribution in [2.24, 2.45) is 5.92 Å². The van der Waals surface area contributed by atoms with E-state index in [2.05, 4.69) is 15.3 Å². The SMILES string of the molecule is N=Cc1c(NC2CCCOC2)nc(CC2CCCC2)[nH]c1=O. The highest BCUT2D eigenvalue weighted by Gasteiger charge is 2.20. The maximum absolute atomic E-state index is 12.2. The van der Waals surface area contributed by atoms with Crippen LogP contribution in [0.3, 0.4) is 0 Å². The summed E-state index contributed by atoms with van der Waals surface area (Å²) in [5.41, 5.74) is 0.0815. The lowest BCUT2D eigenvalue weighted by Crippen LogP contribution is -2.32. The van der Waals surface area contributed by atoms with Crippen LogP contribution in [0, 0.1) is 11.3 Å². The minimum atomic E-state index is -0.225.